The van der Waals surface area contributed by atoms with Gasteiger partial charge in [-0.1, -0.05) is 35.5 Å². The molecule has 0 radical (unpaired) electrons. The van der Waals surface area contributed by atoms with Gasteiger partial charge in [0.2, 0.25) is 15.9 Å². The molecule has 0 spiro atoms. The van der Waals surface area contributed by atoms with Gasteiger partial charge >= 0.3 is 0 Å². The second-order valence-electron chi connectivity index (χ2n) is 8.29. The molecule has 0 N–H and O–H groups in total. The highest BCUT2D eigenvalue weighted by molar-refractivity contribution is 7.89. The van der Waals surface area contributed by atoms with Gasteiger partial charge in [0.05, 0.1) is 0 Å². The molecule has 8 nitrogen and oxygen atoms in total. The highest BCUT2D eigenvalue weighted by Crippen LogP contribution is 2.29. The van der Waals surface area contributed by atoms with E-state index in [0.29, 0.717) is 44.1 Å². The van der Waals surface area contributed by atoms with E-state index in [9.17, 15) is 13.2 Å². The number of rotatable bonds is 5. The molecule has 31 heavy (non-hydrogen) atoms. The SMILES string of the molecule is Cc1noc(C)c1S(=O)(=O)N1CCCN([C@H](C(=O)N2CCCC2)c2ccccc2)CC1. The predicted octanol–water partition coefficient (Wildman–Crippen LogP) is 2.35. The Morgan fingerprint density at radius 2 is 1.68 bits per heavy atom. The van der Waals surface area contributed by atoms with Crippen LogP contribution in [0.25, 0.3) is 0 Å². The fourth-order valence-corrected chi connectivity index (χ4v) is 6.40. The lowest BCUT2D eigenvalue weighted by molar-refractivity contribution is -0.136. The van der Waals surface area contributed by atoms with Crippen molar-refractivity contribution >= 4 is 15.9 Å². The van der Waals surface area contributed by atoms with Crippen molar-refractivity contribution in [1.29, 1.82) is 0 Å². The lowest BCUT2D eigenvalue weighted by Gasteiger charge is -2.33. The first kappa shape index (κ1) is 22.0. The Kier molecular flexibility index (Phi) is 6.45. The summed E-state index contributed by atoms with van der Waals surface area (Å²) in [5.41, 5.74) is 1.34. The Bertz CT molecular complexity index is 996. The van der Waals surface area contributed by atoms with Crippen molar-refractivity contribution in [2.24, 2.45) is 0 Å². The molecule has 0 bridgehead atoms. The number of carbonyl (C=O) groups is 1. The quantitative estimate of drug-likeness (QED) is 0.701. The van der Waals surface area contributed by atoms with Crippen molar-refractivity contribution < 1.29 is 17.7 Å². The van der Waals surface area contributed by atoms with Crippen LogP contribution in [0.3, 0.4) is 0 Å². The Balaban J connectivity index is 1.57. The van der Waals surface area contributed by atoms with E-state index < -0.39 is 10.0 Å². The molecule has 2 aromatic rings. The largest absolute Gasteiger partial charge is 0.360 e. The van der Waals surface area contributed by atoms with Gasteiger partial charge in [0.25, 0.3) is 0 Å². The number of benzene rings is 1. The van der Waals surface area contributed by atoms with Crippen LogP contribution in [0, 0.1) is 13.8 Å². The zero-order chi connectivity index (χ0) is 22.0. The summed E-state index contributed by atoms with van der Waals surface area (Å²) in [6, 6.07) is 9.43. The van der Waals surface area contributed by atoms with E-state index in [0.717, 1.165) is 31.5 Å². The zero-order valence-corrected chi connectivity index (χ0v) is 19.0. The second kappa shape index (κ2) is 9.10. The van der Waals surface area contributed by atoms with E-state index in [2.05, 4.69) is 10.1 Å². The van der Waals surface area contributed by atoms with Crippen molar-refractivity contribution in [2.45, 2.75) is 44.0 Å². The van der Waals surface area contributed by atoms with E-state index >= 15 is 0 Å². The monoisotopic (exact) mass is 446 g/mol. The Hall–Kier alpha value is -2.23. The van der Waals surface area contributed by atoms with Gasteiger partial charge in [0, 0.05) is 39.3 Å². The molecule has 3 heterocycles. The number of hydrogen-bond acceptors (Lipinski definition) is 6. The van der Waals surface area contributed by atoms with Gasteiger partial charge in [-0.25, -0.2) is 8.42 Å². The molecular weight excluding hydrogens is 416 g/mol. The number of amides is 1. The highest BCUT2D eigenvalue weighted by atomic mass is 32.2. The zero-order valence-electron chi connectivity index (χ0n) is 18.2. The number of aromatic nitrogens is 1. The normalized spacial score (nSPS) is 20.0. The van der Waals surface area contributed by atoms with Crippen molar-refractivity contribution in [1.82, 2.24) is 19.3 Å². The van der Waals surface area contributed by atoms with Crippen molar-refractivity contribution in [3.8, 4) is 0 Å². The minimum Gasteiger partial charge on any atom is -0.360 e. The molecular formula is C22H30N4O4S. The molecule has 4 rings (SSSR count). The molecule has 0 aliphatic carbocycles. The average molecular weight is 447 g/mol. The summed E-state index contributed by atoms with van der Waals surface area (Å²) in [6.07, 6.45) is 2.73. The van der Waals surface area contributed by atoms with E-state index in [4.69, 9.17) is 4.52 Å². The fourth-order valence-electron chi connectivity index (χ4n) is 4.64. The van der Waals surface area contributed by atoms with E-state index in [1.165, 1.54) is 4.31 Å². The van der Waals surface area contributed by atoms with Gasteiger partial charge < -0.3 is 9.42 Å². The number of aryl methyl sites for hydroxylation is 2. The number of nitrogens with zero attached hydrogens (tertiary/aromatic N) is 4. The number of hydrogen-bond donors (Lipinski definition) is 0. The topological polar surface area (TPSA) is 87.0 Å². The molecule has 0 saturated carbocycles. The summed E-state index contributed by atoms with van der Waals surface area (Å²) in [6.45, 7) is 6.73. The van der Waals surface area contributed by atoms with Crippen LogP contribution in [0.5, 0.6) is 0 Å². The summed E-state index contributed by atoms with van der Waals surface area (Å²) in [7, 11) is -3.70. The van der Waals surface area contributed by atoms with Gasteiger partial charge in [0.1, 0.15) is 16.6 Å². The van der Waals surface area contributed by atoms with Gasteiger partial charge in [-0.3, -0.25) is 9.69 Å². The van der Waals surface area contributed by atoms with Crippen LogP contribution in [0.15, 0.2) is 39.8 Å². The predicted molar refractivity (Wildman–Crippen MR) is 116 cm³/mol. The Morgan fingerprint density at radius 1 is 0.968 bits per heavy atom. The molecule has 168 valence electrons. The van der Waals surface area contributed by atoms with Gasteiger partial charge in [-0.2, -0.15) is 4.31 Å². The van der Waals surface area contributed by atoms with E-state index in [-0.39, 0.29) is 16.8 Å². The third-order valence-corrected chi connectivity index (χ3v) is 8.33. The maximum Gasteiger partial charge on any atom is 0.248 e. The maximum atomic E-state index is 13.4. The van der Waals surface area contributed by atoms with Crippen molar-refractivity contribution in [2.75, 3.05) is 39.3 Å². The standard InChI is InChI=1S/C22H30N4O4S/c1-17-21(18(2)30-23-17)31(28,29)26-14-8-13-24(15-16-26)20(19-9-4-3-5-10-19)22(27)25-11-6-7-12-25/h3-5,9-10,20H,6-8,11-16H2,1-2H3/t20-/m0/s1. The van der Waals surface area contributed by atoms with Gasteiger partial charge in [0.15, 0.2) is 5.76 Å². The van der Waals surface area contributed by atoms with Crippen LogP contribution in [-0.4, -0.2) is 72.9 Å². The van der Waals surface area contributed by atoms with Crippen molar-refractivity contribution in [3.63, 3.8) is 0 Å². The number of sulfonamides is 1. The fraction of sp³-hybridized carbons (Fsp3) is 0.545. The second-order valence-corrected chi connectivity index (χ2v) is 10.2. The lowest BCUT2D eigenvalue weighted by atomic mass is 10.0. The summed E-state index contributed by atoms with van der Waals surface area (Å²) in [5.74, 6) is 0.427. The van der Waals surface area contributed by atoms with Crippen molar-refractivity contribution in [3.05, 3.63) is 47.3 Å². The van der Waals surface area contributed by atoms with Crippen LogP contribution in [0.4, 0.5) is 0 Å². The molecule has 9 heteroatoms. The van der Waals surface area contributed by atoms with E-state index in [1.807, 2.05) is 35.2 Å². The molecule has 0 unspecified atom stereocenters. The minimum atomic E-state index is -3.70. The van der Waals surface area contributed by atoms with E-state index in [1.54, 1.807) is 13.8 Å². The van der Waals surface area contributed by atoms with Crippen LogP contribution < -0.4 is 0 Å². The molecule has 1 amide bonds. The molecule has 2 saturated heterocycles. The Labute approximate surface area is 183 Å². The summed E-state index contributed by atoms with van der Waals surface area (Å²) in [5, 5.41) is 3.81. The first-order valence-electron chi connectivity index (χ1n) is 10.9. The van der Waals surface area contributed by atoms with Crippen LogP contribution in [0.2, 0.25) is 0 Å². The summed E-state index contributed by atoms with van der Waals surface area (Å²) >= 11 is 0. The van der Waals surface area contributed by atoms with Gasteiger partial charge in [-0.05, 0) is 38.7 Å². The third kappa shape index (κ3) is 4.40. The first-order chi connectivity index (χ1) is 14.9. The summed E-state index contributed by atoms with van der Waals surface area (Å²) < 4.78 is 33.1. The molecule has 2 aliphatic heterocycles. The molecule has 1 aromatic carbocycles. The Morgan fingerprint density at radius 3 is 2.32 bits per heavy atom. The molecule has 1 aromatic heterocycles. The first-order valence-corrected chi connectivity index (χ1v) is 12.3. The number of carbonyl (C=O) groups excluding carboxylic acids is 1. The molecule has 1 atom stereocenters. The maximum absolute atomic E-state index is 13.4. The minimum absolute atomic E-state index is 0.116. The van der Waals surface area contributed by atoms with Crippen LogP contribution >= 0.6 is 0 Å². The average Bonchev–Trinajstić information content (AvgIpc) is 3.33. The lowest BCUT2D eigenvalue weighted by Crippen LogP contribution is -2.43. The third-order valence-electron chi connectivity index (χ3n) is 6.19. The summed E-state index contributed by atoms with van der Waals surface area (Å²) in [4.78, 5) is 17.7. The van der Waals surface area contributed by atoms with Crippen LogP contribution in [0.1, 0.15) is 42.3 Å². The van der Waals surface area contributed by atoms with Gasteiger partial charge in [-0.15, -0.1) is 0 Å². The van der Waals surface area contributed by atoms with Crippen LogP contribution in [-0.2, 0) is 14.8 Å². The number of likely N-dealkylation sites (tertiary alicyclic amines) is 1. The smallest absolute Gasteiger partial charge is 0.248 e. The molecule has 2 aliphatic rings. The molecule has 2 fully saturated rings. The highest BCUT2D eigenvalue weighted by Gasteiger charge is 2.36.